The van der Waals surface area contributed by atoms with Crippen molar-refractivity contribution in [2.24, 2.45) is 5.41 Å². The van der Waals surface area contributed by atoms with Gasteiger partial charge in [0.05, 0.1) is 12.5 Å². The highest BCUT2D eigenvalue weighted by Gasteiger charge is 2.30. The molecule has 0 aliphatic rings. The third-order valence-electron chi connectivity index (χ3n) is 2.88. The fourth-order valence-electron chi connectivity index (χ4n) is 1.86. The summed E-state index contributed by atoms with van der Waals surface area (Å²) >= 11 is 1.72. The first-order chi connectivity index (χ1) is 8.40. The molecular formula is C14H21NO2S. The number of ether oxygens (including phenoxy) is 1. The molecule has 0 aromatic heterocycles. The predicted octanol–water partition coefficient (Wildman–Crippen LogP) is 3.04. The lowest BCUT2D eigenvalue weighted by Gasteiger charge is -2.29. The first kappa shape index (κ1) is 14.9. The molecule has 0 saturated carbocycles. The third kappa shape index (κ3) is 3.67. The zero-order chi connectivity index (χ0) is 13.8. The van der Waals surface area contributed by atoms with Gasteiger partial charge in [0.2, 0.25) is 0 Å². The van der Waals surface area contributed by atoms with Crippen LogP contribution in [0.1, 0.15) is 13.8 Å². The number of esters is 1. The lowest BCUT2D eigenvalue weighted by Crippen LogP contribution is -2.38. The maximum absolute atomic E-state index is 11.6. The van der Waals surface area contributed by atoms with E-state index in [-0.39, 0.29) is 5.97 Å². The molecule has 1 aromatic rings. The first-order valence-corrected chi connectivity index (χ1v) is 7.07. The standard InChI is InChI=1S/C14H21NO2S/c1-14(2,13(16)17-4)10-15(3)11-6-8-12(18-5)9-7-11/h6-9H,10H2,1-5H3. The van der Waals surface area contributed by atoms with Crippen molar-refractivity contribution in [3.63, 3.8) is 0 Å². The Balaban J connectivity index is 2.75. The predicted molar refractivity (Wildman–Crippen MR) is 77.3 cm³/mol. The molecule has 0 amide bonds. The van der Waals surface area contributed by atoms with E-state index in [2.05, 4.69) is 35.4 Å². The monoisotopic (exact) mass is 267 g/mol. The highest BCUT2D eigenvalue weighted by Crippen LogP contribution is 2.24. The van der Waals surface area contributed by atoms with Crippen molar-refractivity contribution in [1.29, 1.82) is 0 Å². The van der Waals surface area contributed by atoms with Gasteiger partial charge in [-0.1, -0.05) is 0 Å². The van der Waals surface area contributed by atoms with E-state index in [1.54, 1.807) is 11.8 Å². The molecule has 0 saturated heterocycles. The Morgan fingerprint density at radius 1 is 1.33 bits per heavy atom. The van der Waals surface area contributed by atoms with Gasteiger partial charge >= 0.3 is 5.97 Å². The van der Waals surface area contributed by atoms with E-state index in [1.165, 1.54) is 12.0 Å². The number of carbonyl (C=O) groups excluding carboxylic acids is 1. The van der Waals surface area contributed by atoms with Gasteiger partial charge in [0, 0.05) is 24.2 Å². The quantitative estimate of drug-likeness (QED) is 0.606. The summed E-state index contributed by atoms with van der Waals surface area (Å²) in [6.07, 6.45) is 2.05. The second-order valence-electron chi connectivity index (χ2n) is 4.93. The molecule has 0 fully saturated rings. The Labute approximate surface area is 114 Å². The molecule has 0 atom stereocenters. The maximum atomic E-state index is 11.6. The van der Waals surface area contributed by atoms with Crippen LogP contribution in [0.25, 0.3) is 0 Å². The minimum atomic E-state index is -0.512. The minimum absolute atomic E-state index is 0.185. The van der Waals surface area contributed by atoms with Crippen LogP contribution in [0.5, 0.6) is 0 Å². The average Bonchev–Trinajstić information content (AvgIpc) is 2.37. The van der Waals surface area contributed by atoms with Gasteiger partial charge in [-0.05, 0) is 44.4 Å². The van der Waals surface area contributed by atoms with E-state index < -0.39 is 5.41 Å². The number of anilines is 1. The van der Waals surface area contributed by atoms with Gasteiger partial charge in [0.25, 0.3) is 0 Å². The van der Waals surface area contributed by atoms with E-state index in [0.717, 1.165) is 5.69 Å². The van der Waals surface area contributed by atoms with Crippen molar-refractivity contribution in [1.82, 2.24) is 0 Å². The fourth-order valence-corrected chi connectivity index (χ4v) is 2.27. The van der Waals surface area contributed by atoms with E-state index in [1.807, 2.05) is 20.9 Å². The summed E-state index contributed by atoms with van der Waals surface area (Å²) in [4.78, 5) is 15.0. The molecule has 1 aromatic carbocycles. The number of hydrogen-bond donors (Lipinski definition) is 0. The van der Waals surface area contributed by atoms with Crippen molar-refractivity contribution in [3.05, 3.63) is 24.3 Å². The van der Waals surface area contributed by atoms with E-state index in [9.17, 15) is 4.79 Å². The molecule has 0 aliphatic carbocycles. The highest BCUT2D eigenvalue weighted by molar-refractivity contribution is 7.98. The Morgan fingerprint density at radius 3 is 2.33 bits per heavy atom. The summed E-state index contributed by atoms with van der Waals surface area (Å²) in [5.41, 5.74) is 0.589. The average molecular weight is 267 g/mol. The molecule has 18 heavy (non-hydrogen) atoms. The molecule has 0 unspecified atom stereocenters. The third-order valence-corrected chi connectivity index (χ3v) is 3.63. The summed E-state index contributed by atoms with van der Waals surface area (Å²) < 4.78 is 4.82. The second kappa shape index (κ2) is 6.14. The summed E-state index contributed by atoms with van der Waals surface area (Å²) in [6.45, 7) is 4.41. The first-order valence-electron chi connectivity index (χ1n) is 5.84. The molecule has 1 rings (SSSR count). The van der Waals surface area contributed by atoms with Gasteiger partial charge in [0.15, 0.2) is 0 Å². The van der Waals surface area contributed by atoms with Crippen molar-refractivity contribution < 1.29 is 9.53 Å². The van der Waals surface area contributed by atoms with Gasteiger partial charge in [-0.25, -0.2) is 0 Å². The smallest absolute Gasteiger partial charge is 0.313 e. The summed E-state index contributed by atoms with van der Waals surface area (Å²) in [5.74, 6) is -0.185. The number of thioether (sulfide) groups is 1. The van der Waals surface area contributed by atoms with Crippen molar-refractivity contribution in [2.75, 3.05) is 31.9 Å². The topological polar surface area (TPSA) is 29.5 Å². The van der Waals surface area contributed by atoms with Crippen LogP contribution < -0.4 is 4.90 Å². The van der Waals surface area contributed by atoms with Crippen LogP contribution in [0.15, 0.2) is 29.2 Å². The summed E-state index contributed by atoms with van der Waals surface area (Å²) in [5, 5.41) is 0. The SMILES string of the molecule is COC(=O)C(C)(C)CN(C)c1ccc(SC)cc1. The van der Waals surface area contributed by atoms with Crippen molar-refractivity contribution >= 4 is 23.4 Å². The molecule has 0 aliphatic heterocycles. The van der Waals surface area contributed by atoms with E-state index in [0.29, 0.717) is 6.54 Å². The Morgan fingerprint density at radius 2 is 1.89 bits per heavy atom. The van der Waals surface area contributed by atoms with Gasteiger partial charge in [-0.15, -0.1) is 11.8 Å². The molecule has 0 bridgehead atoms. The maximum Gasteiger partial charge on any atom is 0.313 e. The van der Waals surface area contributed by atoms with Crippen molar-refractivity contribution in [2.45, 2.75) is 18.7 Å². The van der Waals surface area contributed by atoms with E-state index in [4.69, 9.17) is 4.74 Å². The number of benzene rings is 1. The molecule has 0 N–H and O–H groups in total. The van der Waals surface area contributed by atoms with Crippen LogP contribution in [-0.4, -0.2) is 32.9 Å². The van der Waals surface area contributed by atoms with Crippen LogP contribution in [-0.2, 0) is 9.53 Å². The number of methoxy groups -OCH3 is 1. The molecule has 4 heteroatoms. The molecule has 3 nitrogen and oxygen atoms in total. The zero-order valence-corrected chi connectivity index (χ0v) is 12.5. The van der Waals surface area contributed by atoms with Crippen molar-refractivity contribution in [3.8, 4) is 0 Å². The minimum Gasteiger partial charge on any atom is -0.469 e. The normalized spacial score (nSPS) is 11.2. The second-order valence-corrected chi connectivity index (χ2v) is 5.81. The molecule has 0 radical (unpaired) electrons. The Hall–Kier alpha value is -1.16. The van der Waals surface area contributed by atoms with E-state index >= 15 is 0 Å². The fraction of sp³-hybridized carbons (Fsp3) is 0.500. The van der Waals surface area contributed by atoms with Gasteiger partial charge < -0.3 is 9.64 Å². The molecule has 0 spiro atoms. The zero-order valence-electron chi connectivity index (χ0n) is 11.7. The molecule has 0 heterocycles. The number of nitrogens with zero attached hydrogens (tertiary/aromatic N) is 1. The molecule has 100 valence electrons. The lowest BCUT2D eigenvalue weighted by atomic mass is 9.93. The summed E-state index contributed by atoms with van der Waals surface area (Å²) in [6, 6.07) is 8.31. The number of rotatable bonds is 5. The van der Waals surface area contributed by atoms with Crippen LogP contribution in [0.2, 0.25) is 0 Å². The van der Waals surface area contributed by atoms with Gasteiger partial charge in [-0.3, -0.25) is 4.79 Å². The van der Waals surface area contributed by atoms with Crippen LogP contribution in [0, 0.1) is 5.41 Å². The van der Waals surface area contributed by atoms with Crippen LogP contribution >= 0.6 is 11.8 Å². The lowest BCUT2D eigenvalue weighted by molar-refractivity contribution is -0.150. The number of hydrogen-bond acceptors (Lipinski definition) is 4. The summed E-state index contributed by atoms with van der Waals surface area (Å²) in [7, 11) is 3.41. The largest absolute Gasteiger partial charge is 0.469 e. The van der Waals surface area contributed by atoms with Crippen LogP contribution in [0.3, 0.4) is 0 Å². The Bertz CT molecular complexity index is 401. The Kier molecular flexibility index (Phi) is 5.08. The number of carbonyl (C=O) groups is 1. The molecular weight excluding hydrogens is 246 g/mol. The highest BCUT2D eigenvalue weighted by atomic mass is 32.2. The van der Waals surface area contributed by atoms with Crippen LogP contribution in [0.4, 0.5) is 5.69 Å². The van der Waals surface area contributed by atoms with Gasteiger partial charge in [0.1, 0.15) is 0 Å². The van der Waals surface area contributed by atoms with Gasteiger partial charge in [-0.2, -0.15) is 0 Å².